The van der Waals surface area contributed by atoms with E-state index in [-0.39, 0.29) is 11.9 Å². The van der Waals surface area contributed by atoms with Crippen LogP contribution in [0.1, 0.15) is 39.2 Å². The van der Waals surface area contributed by atoms with Gasteiger partial charge in [-0.05, 0) is 37.5 Å². The maximum absolute atomic E-state index is 12.8. The van der Waals surface area contributed by atoms with Gasteiger partial charge in [-0.2, -0.15) is 0 Å². The van der Waals surface area contributed by atoms with Gasteiger partial charge in [0, 0.05) is 12.0 Å². The van der Waals surface area contributed by atoms with Gasteiger partial charge in [-0.3, -0.25) is 9.59 Å². The lowest BCUT2D eigenvalue weighted by atomic mass is 9.66. The molecule has 1 N–H and O–H groups in total. The number of ether oxygens (including phenoxy) is 2. The molecule has 2 fully saturated rings. The van der Waals surface area contributed by atoms with Gasteiger partial charge in [-0.1, -0.05) is 26.0 Å². The number of esters is 1. The fourth-order valence-electron chi connectivity index (χ4n) is 3.82. The smallest absolute Gasteiger partial charge is 0.313 e. The van der Waals surface area contributed by atoms with Crippen molar-refractivity contribution in [3.8, 4) is 5.75 Å². The van der Waals surface area contributed by atoms with Gasteiger partial charge in [-0.25, -0.2) is 0 Å². The number of benzene rings is 1. The first-order valence-electron chi connectivity index (χ1n) is 7.91. The highest BCUT2D eigenvalue weighted by molar-refractivity contribution is 5.96. The molecular weight excluding hydrogens is 294 g/mol. The van der Waals surface area contributed by atoms with Gasteiger partial charge in [0.05, 0.1) is 12.5 Å². The van der Waals surface area contributed by atoms with Gasteiger partial charge < -0.3 is 14.8 Å². The van der Waals surface area contributed by atoms with Crippen molar-refractivity contribution in [2.24, 2.45) is 10.8 Å². The molecule has 5 heteroatoms. The zero-order valence-corrected chi connectivity index (χ0v) is 14.1. The first-order valence-corrected chi connectivity index (χ1v) is 7.91. The van der Waals surface area contributed by atoms with Gasteiger partial charge in [0.25, 0.3) is 5.91 Å². The van der Waals surface area contributed by atoms with Crippen molar-refractivity contribution in [3.63, 3.8) is 0 Å². The number of hydrogen-bond donors (Lipinski definition) is 1. The summed E-state index contributed by atoms with van der Waals surface area (Å²) in [5, 5.41) is 2.93. The Labute approximate surface area is 136 Å². The highest BCUT2D eigenvalue weighted by Crippen LogP contribution is 2.65. The van der Waals surface area contributed by atoms with Crippen LogP contribution in [0.4, 0.5) is 0 Å². The molecule has 1 heterocycles. The number of fused-ring (bicyclic) bond motifs is 2. The lowest BCUT2D eigenvalue weighted by Gasteiger charge is -2.35. The number of rotatable bonds is 4. The molecule has 1 aliphatic heterocycles. The topological polar surface area (TPSA) is 64.6 Å². The molecule has 1 aliphatic carbocycles. The van der Waals surface area contributed by atoms with Crippen LogP contribution in [0.2, 0.25) is 0 Å². The van der Waals surface area contributed by atoms with Gasteiger partial charge >= 0.3 is 5.97 Å². The van der Waals surface area contributed by atoms with E-state index in [9.17, 15) is 9.59 Å². The zero-order valence-electron chi connectivity index (χ0n) is 14.1. The molecule has 1 aromatic carbocycles. The van der Waals surface area contributed by atoms with Gasteiger partial charge in [0.15, 0.2) is 5.60 Å². The molecule has 0 spiro atoms. The summed E-state index contributed by atoms with van der Waals surface area (Å²) < 4.78 is 10.7. The fraction of sp³-hybridized carbons (Fsp3) is 0.556. The first kappa shape index (κ1) is 15.8. The molecule has 0 aromatic heterocycles. The SMILES string of the molecule is COc1ccc(CNC(=O)[C@@]23CC[C@@](C)(C(=O)O2)C3(C)C)cc1. The summed E-state index contributed by atoms with van der Waals surface area (Å²) in [6.45, 7) is 6.21. The van der Waals surface area contributed by atoms with Crippen molar-refractivity contribution in [1.29, 1.82) is 0 Å². The van der Waals surface area contributed by atoms with E-state index in [1.807, 2.05) is 45.0 Å². The van der Waals surface area contributed by atoms with Crippen molar-refractivity contribution in [3.05, 3.63) is 29.8 Å². The molecule has 124 valence electrons. The van der Waals surface area contributed by atoms with Crippen LogP contribution in [0.15, 0.2) is 24.3 Å². The van der Waals surface area contributed by atoms with Gasteiger partial charge in [-0.15, -0.1) is 0 Å². The highest BCUT2D eigenvalue weighted by atomic mass is 16.6. The molecule has 2 aliphatic rings. The molecule has 0 radical (unpaired) electrons. The maximum Gasteiger partial charge on any atom is 0.313 e. The molecular formula is C18H23NO4. The summed E-state index contributed by atoms with van der Waals surface area (Å²) in [6, 6.07) is 7.51. The number of methoxy groups -OCH3 is 1. The number of hydrogen-bond acceptors (Lipinski definition) is 4. The molecule has 0 unspecified atom stereocenters. The van der Waals surface area contributed by atoms with E-state index in [1.165, 1.54) is 0 Å². The van der Waals surface area contributed by atoms with Gasteiger partial charge in [0.1, 0.15) is 5.75 Å². The van der Waals surface area contributed by atoms with E-state index in [2.05, 4.69) is 5.32 Å². The van der Waals surface area contributed by atoms with Crippen LogP contribution in [0.3, 0.4) is 0 Å². The lowest BCUT2D eigenvalue weighted by molar-refractivity contribution is -0.168. The molecule has 3 rings (SSSR count). The second kappa shape index (κ2) is 4.98. The predicted molar refractivity (Wildman–Crippen MR) is 84.8 cm³/mol. The third-order valence-electron chi connectivity index (χ3n) is 6.06. The van der Waals surface area contributed by atoms with E-state index in [1.54, 1.807) is 7.11 Å². The van der Waals surface area contributed by atoms with E-state index < -0.39 is 16.4 Å². The van der Waals surface area contributed by atoms with Crippen LogP contribution in [0, 0.1) is 10.8 Å². The third-order valence-corrected chi connectivity index (χ3v) is 6.06. The number of carbonyl (C=O) groups is 2. The summed E-state index contributed by atoms with van der Waals surface area (Å²) in [4.78, 5) is 25.0. The first-order chi connectivity index (χ1) is 10.8. The Bertz CT molecular complexity index is 651. The van der Waals surface area contributed by atoms with E-state index >= 15 is 0 Å². The van der Waals surface area contributed by atoms with Gasteiger partial charge in [0.2, 0.25) is 0 Å². The van der Waals surface area contributed by atoms with Crippen molar-refractivity contribution >= 4 is 11.9 Å². The van der Waals surface area contributed by atoms with Crippen LogP contribution in [0.5, 0.6) is 5.75 Å². The Morgan fingerprint density at radius 1 is 1.22 bits per heavy atom. The average molecular weight is 317 g/mol. The second-order valence-corrected chi connectivity index (χ2v) is 7.20. The molecule has 1 saturated heterocycles. The largest absolute Gasteiger partial charge is 0.497 e. The Hall–Kier alpha value is -2.04. The Balaban J connectivity index is 1.74. The summed E-state index contributed by atoms with van der Waals surface area (Å²) in [5.74, 6) is 0.317. The Morgan fingerprint density at radius 2 is 1.87 bits per heavy atom. The van der Waals surface area contributed by atoms with Crippen molar-refractivity contribution in [1.82, 2.24) is 5.32 Å². The standard InChI is InChI=1S/C18H23NO4/c1-16(2)17(3)9-10-18(16,23-15(17)21)14(20)19-11-12-5-7-13(22-4)8-6-12/h5-8H,9-11H2,1-4H3,(H,19,20)/t17-,18+/m0/s1. The van der Waals surface area contributed by atoms with Crippen LogP contribution < -0.4 is 10.1 Å². The molecule has 1 aromatic rings. The van der Waals surface area contributed by atoms with E-state index in [0.29, 0.717) is 19.4 Å². The number of nitrogens with one attached hydrogen (secondary N) is 1. The minimum atomic E-state index is -1.05. The minimum absolute atomic E-state index is 0.201. The molecule has 1 saturated carbocycles. The predicted octanol–water partition coefficient (Wildman–Crippen LogP) is 2.43. The zero-order chi connectivity index (χ0) is 16.9. The number of carbonyl (C=O) groups excluding carboxylic acids is 2. The van der Waals surface area contributed by atoms with E-state index in [0.717, 1.165) is 11.3 Å². The number of amides is 1. The third kappa shape index (κ3) is 1.98. The van der Waals surface area contributed by atoms with Crippen molar-refractivity contribution in [2.45, 2.75) is 45.8 Å². The summed E-state index contributed by atoms with van der Waals surface area (Å²) >= 11 is 0. The van der Waals surface area contributed by atoms with Crippen molar-refractivity contribution in [2.75, 3.05) is 7.11 Å². The normalized spacial score (nSPS) is 30.9. The molecule has 2 atom stereocenters. The summed E-state index contributed by atoms with van der Waals surface area (Å²) in [5.41, 5.74) is -1.17. The van der Waals surface area contributed by atoms with Crippen molar-refractivity contribution < 1.29 is 19.1 Å². The lowest BCUT2D eigenvalue weighted by Crippen LogP contribution is -2.53. The van der Waals surface area contributed by atoms with Crippen LogP contribution in [0.25, 0.3) is 0 Å². The molecule has 2 bridgehead atoms. The molecule has 23 heavy (non-hydrogen) atoms. The summed E-state index contributed by atoms with van der Waals surface area (Å²) in [6.07, 6.45) is 1.27. The van der Waals surface area contributed by atoms with Crippen LogP contribution >= 0.6 is 0 Å². The average Bonchev–Trinajstić information content (AvgIpc) is 2.83. The maximum atomic E-state index is 12.8. The quantitative estimate of drug-likeness (QED) is 0.866. The second-order valence-electron chi connectivity index (χ2n) is 7.20. The Morgan fingerprint density at radius 3 is 2.35 bits per heavy atom. The minimum Gasteiger partial charge on any atom is -0.497 e. The highest BCUT2D eigenvalue weighted by Gasteiger charge is 2.75. The van der Waals surface area contributed by atoms with E-state index in [4.69, 9.17) is 9.47 Å². The monoisotopic (exact) mass is 317 g/mol. The fourth-order valence-corrected chi connectivity index (χ4v) is 3.82. The molecule has 5 nitrogen and oxygen atoms in total. The van der Waals surface area contributed by atoms with Crippen LogP contribution in [-0.4, -0.2) is 24.6 Å². The van der Waals surface area contributed by atoms with Crippen LogP contribution in [-0.2, 0) is 20.9 Å². The summed E-state index contributed by atoms with van der Waals surface area (Å²) in [7, 11) is 1.61. The molecule has 1 amide bonds. The Kier molecular flexibility index (Phi) is 3.43.